The van der Waals surface area contributed by atoms with Crippen molar-refractivity contribution in [2.75, 3.05) is 0 Å². The van der Waals surface area contributed by atoms with Crippen LogP contribution in [0.2, 0.25) is 0 Å². The van der Waals surface area contributed by atoms with Gasteiger partial charge in [0.1, 0.15) is 0 Å². The Hall–Kier alpha value is -0.0400. The Balaban J connectivity index is 2.01. The van der Waals surface area contributed by atoms with E-state index in [4.69, 9.17) is 4.74 Å². The number of hydrogen-bond donors (Lipinski definition) is 0. The molecule has 11 heavy (non-hydrogen) atoms. The van der Waals surface area contributed by atoms with Crippen LogP contribution in [0.25, 0.3) is 0 Å². The lowest BCUT2D eigenvalue weighted by atomic mass is 9.89. The number of hydrogen-bond acceptors (Lipinski definition) is 1. The predicted molar refractivity (Wildman–Crippen MR) is 45.4 cm³/mol. The maximum Gasteiger partial charge on any atom is 0.0636 e. The molecule has 2 fully saturated rings. The Morgan fingerprint density at radius 1 is 1.00 bits per heavy atom. The molecular formula is C10H18O. The van der Waals surface area contributed by atoms with Crippen LogP contribution < -0.4 is 0 Å². The van der Waals surface area contributed by atoms with Crippen LogP contribution in [0.5, 0.6) is 0 Å². The van der Waals surface area contributed by atoms with E-state index in [1.807, 2.05) is 0 Å². The minimum absolute atomic E-state index is 0.496. The average molecular weight is 154 g/mol. The molecular weight excluding hydrogens is 136 g/mol. The Morgan fingerprint density at radius 3 is 2.00 bits per heavy atom. The first-order valence-electron chi connectivity index (χ1n) is 4.85. The van der Waals surface area contributed by atoms with Crippen LogP contribution in [-0.4, -0.2) is 12.2 Å². The van der Waals surface area contributed by atoms with Crippen LogP contribution in [-0.2, 0) is 4.74 Å². The van der Waals surface area contributed by atoms with Crippen LogP contribution in [0.1, 0.15) is 33.6 Å². The Morgan fingerprint density at radius 2 is 1.64 bits per heavy atom. The van der Waals surface area contributed by atoms with Gasteiger partial charge in [0, 0.05) is 0 Å². The van der Waals surface area contributed by atoms with Crippen molar-refractivity contribution in [1.82, 2.24) is 0 Å². The monoisotopic (exact) mass is 154 g/mol. The van der Waals surface area contributed by atoms with E-state index in [0.717, 1.165) is 17.8 Å². The molecule has 0 amide bonds. The molecule has 4 atom stereocenters. The molecule has 1 heterocycles. The normalized spacial score (nSPS) is 51.5. The zero-order chi connectivity index (χ0) is 8.01. The van der Waals surface area contributed by atoms with Crippen LogP contribution in [0, 0.1) is 17.8 Å². The second kappa shape index (κ2) is 2.48. The summed E-state index contributed by atoms with van der Waals surface area (Å²) >= 11 is 0. The molecule has 1 saturated heterocycles. The number of rotatable bonds is 1. The summed E-state index contributed by atoms with van der Waals surface area (Å²) in [7, 11) is 0. The standard InChI is InChI=1S/C10H18O/c1-6-7(2)10(9-4-5-9)11-8(6)3/h6-10H,4-5H2,1-3H3. The summed E-state index contributed by atoms with van der Waals surface area (Å²) in [6.45, 7) is 6.87. The van der Waals surface area contributed by atoms with Crippen LogP contribution in [0.3, 0.4) is 0 Å². The maximum atomic E-state index is 5.91. The van der Waals surface area contributed by atoms with E-state index in [0.29, 0.717) is 12.2 Å². The summed E-state index contributed by atoms with van der Waals surface area (Å²) in [5.74, 6) is 2.47. The summed E-state index contributed by atoms with van der Waals surface area (Å²) in [6, 6.07) is 0. The van der Waals surface area contributed by atoms with Crippen LogP contribution >= 0.6 is 0 Å². The van der Waals surface area contributed by atoms with Gasteiger partial charge < -0.3 is 4.74 Å². The van der Waals surface area contributed by atoms with E-state index < -0.39 is 0 Å². The van der Waals surface area contributed by atoms with Crippen LogP contribution in [0.4, 0.5) is 0 Å². The molecule has 1 heteroatoms. The van der Waals surface area contributed by atoms with Crippen molar-refractivity contribution < 1.29 is 4.74 Å². The van der Waals surface area contributed by atoms with Crippen molar-refractivity contribution >= 4 is 0 Å². The molecule has 0 aromatic heterocycles. The van der Waals surface area contributed by atoms with Crippen molar-refractivity contribution in [3.05, 3.63) is 0 Å². The van der Waals surface area contributed by atoms with Crippen molar-refractivity contribution in [3.8, 4) is 0 Å². The molecule has 0 bridgehead atoms. The third kappa shape index (κ3) is 1.20. The van der Waals surface area contributed by atoms with Crippen LogP contribution in [0.15, 0.2) is 0 Å². The Labute approximate surface area is 69.1 Å². The first-order valence-corrected chi connectivity index (χ1v) is 4.85. The predicted octanol–water partition coefficient (Wildman–Crippen LogP) is 2.46. The first-order chi connectivity index (χ1) is 5.20. The quantitative estimate of drug-likeness (QED) is 0.563. The second-order valence-electron chi connectivity index (χ2n) is 4.36. The molecule has 2 aliphatic rings. The van der Waals surface area contributed by atoms with E-state index in [9.17, 15) is 0 Å². The van der Waals surface area contributed by atoms with E-state index in [2.05, 4.69) is 20.8 Å². The van der Waals surface area contributed by atoms with Gasteiger partial charge in [0.25, 0.3) is 0 Å². The minimum atomic E-state index is 0.496. The van der Waals surface area contributed by atoms with Gasteiger partial charge in [-0.3, -0.25) is 0 Å². The first kappa shape index (κ1) is 7.60. The Kier molecular flexibility index (Phi) is 1.71. The third-order valence-corrected chi connectivity index (χ3v) is 3.55. The largest absolute Gasteiger partial charge is 0.374 e. The van der Waals surface area contributed by atoms with Gasteiger partial charge in [-0.1, -0.05) is 13.8 Å². The van der Waals surface area contributed by atoms with Crippen molar-refractivity contribution in [3.63, 3.8) is 0 Å². The van der Waals surface area contributed by atoms with Gasteiger partial charge >= 0.3 is 0 Å². The zero-order valence-electron chi connectivity index (χ0n) is 7.71. The van der Waals surface area contributed by atoms with E-state index in [1.54, 1.807) is 0 Å². The molecule has 1 nitrogen and oxygen atoms in total. The lowest BCUT2D eigenvalue weighted by Crippen LogP contribution is -2.17. The molecule has 0 aromatic rings. The van der Waals surface area contributed by atoms with E-state index in [-0.39, 0.29) is 0 Å². The van der Waals surface area contributed by atoms with Gasteiger partial charge in [0.2, 0.25) is 0 Å². The van der Waals surface area contributed by atoms with Gasteiger partial charge in [0.05, 0.1) is 12.2 Å². The molecule has 0 aromatic carbocycles. The van der Waals surface area contributed by atoms with Crippen molar-refractivity contribution in [1.29, 1.82) is 0 Å². The zero-order valence-corrected chi connectivity index (χ0v) is 7.71. The summed E-state index contributed by atoms with van der Waals surface area (Å²) < 4.78 is 5.91. The molecule has 1 saturated carbocycles. The van der Waals surface area contributed by atoms with Crippen molar-refractivity contribution in [2.45, 2.75) is 45.8 Å². The molecule has 4 unspecified atom stereocenters. The van der Waals surface area contributed by atoms with Gasteiger partial charge in [-0.05, 0) is 37.5 Å². The summed E-state index contributed by atoms with van der Waals surface area (Å²) in [5.41, 5.74) is 0. The SMILES string of the molecule is CC1OC(C2CC2)C(C)C1C. The minimum Gasteiger partial charge on any atom is -0.374 e. The second-order valence-corrected chi connectivity index (χ2v) is 4.36. The van der Waals surface area contributed by atoms with Gasteiger partial charge in [0.15, 0.2) is 0 Å². The maximum absolute atomic E-state index is 5.91. The van der Waals surface area contributed by atoms with Crippen molar-refractivity contribution in [2.24, 2.45) is 17.8 Å². The van der Waals surface area contributed by atoms with E-state index in [1.165, 1.54) is 12.8 Å². The topological polar surface area (TPSA) is 9.23 Å². The van der Waals surface area contributed by atoms with E-state index >= 15 is 0 Å². The summed E-state index contributed by atoms with van der Waals surface area (Å²) in [6.07, 6.45) is 3.92. The fraction of sp³-hybridized carbons (Fsp3) is 1.00. The highest BCUT2D eigenvalue weighted by Crippen LogP contribution is 2.45. The molecule has 1 aliphatic carbocycles. The summed E-state index contributed by atoms with van der Waals surface area (Å²) in [5, 5.41) is 0. The van der Waals surface area contributed by atoms with Gasteiger partial charge in [-0.25, -0.2) is 0 Å². The molecule has 1 aliphatic heterocycles. The van der Waals surface area contributed by atoms with Gasteiger partial charge in [-0.15, -0.1) is 0 Å². The molecule has 0 N–H and O–H groups in total. The Bertz CT molecular complexity index is 151. The smallest absolute Gasteiger partial charge is 0.0636 e. The fourth-order valence-electron chi connectivity index (χ4n) is 2.19. The average Bonchev–Trinajstić information content (AvgIpc) is 2.76. The molecule has 0 radical (unpaired) electrons. The highest BCUT2D eigenvalue weighted by molar-refractivity contribution is 4.92. The highest BCUT2D eigenvalue weighted by atomic mass is 16.5. The molecule has 2 rings (SSSR count). The summed E-state index contributed by atoms with van der Waals surface area (Å²) in [4.78, 5) is 0. The fourth-order valence-corrected chi connectivity index (χ4v) is 2.19. The lowest BCUT2D eigenvalue weighted by Gasteiger charge is -2.14. The number of ether oxygens (including phenoxy) is 1. The molecule has 64 valence electrons. The third-order valence-electron chi connectivity index (χ3n) is 3.55. The lowest BCUT2D eigenvalue weighted by molar-refractivity contribution is 0.0283. The molecule has 0 spiro atoms. The van der Waals surface area contributed by atoms with Gasteiger partial charge in [-0.2, -0.15) is 0 Å². The highest BCUT2D eigenvalue weighted by Gasteiger charge is 2.44.